The van der Waals surface area contributed by atoms with Crippen molar-refractivity contribution in [1.29, 1.82) is 0 Å². The Morgan fingerprint density at radius 2 is 1.84 bits per heavy atom. The van der Waals surface area contributed by atoms with Gasteiger partial charge in [-0.25, -0.2) is 15.0 Å². The molecule has 0 atom stereocenters. The van der Waals surface area contributed by atoms with Gasteiger partial charge in [0.2, 0.25) is 5.28 Å². The summed E-state index contributed by atoms with van der Waals surface area (Å²) in [6, 6.07) is 3.43. The zero-order chi connectivity index (χ0) is 13.6. The van der Waals surface area contributed by atoms with Crippen LogP contribution in [0.1, 0.15) is 5.82 Å². The highest BCUT2D eigenvalue weighted by Gasteiger charge is 2.16. The summed E-state index contributed by atoms with van der Waals surface area (Å²) in [6.45, 7) is 1.73. The van der Waals surface area contributed by atoms with E-state index in [4.69, 9.17) is 34.8 Å². The normalized spacial score (nSPS) is 11.2. The number of hydrogen-bond acceptors (Lipinski definition) is 4. The Kier molecular flexibility index (Phi) is 3.05. The third-order valence-corrected chi connectivity index (χ3v) is 3.15. The molecule has 19 heavy (non-hydrogen) atoms. The molecular formula is C11H6Cl3N5. The average molecular weight is 315 g/mol. The molecule has 0 fully saturated rings. The SMILES string of the molecule is Cc1nc(Cl)nc(-c2c(Cl)nc3cc(Cl)ccn23)n1. The van der Waals surface area contributed by atoms with Crippen LogP contribution in [0.3, 0.4) is 0 Å². The Balaban J connectivity index is 2.32. The second-order valence-electron chi connectivity index (χ2n) is 3.80. The van der Waals surface area contributed by atoms with Crippen LogP contribution in [0.2, 0.25) is 15.5 Å². The van der Waals surface area contributed by atoms with Gasteiger partial charge in [0.1, 0.15) is 17.2 Å². The van der Waals surface area contributed by atoms with E-state index in [9.17, 15) is 0 Å². The van der Waals surface area contributed by atoms with Crippen LogP contribution in [0.15, 0.2) is 18.3 Å². The lowest BCUT2D eigenvalue weighted by Gasteiger charge is -2.02. The van der Waals surface area contributed by atoms with Gasteiger partial charge in [-0.05, 0) is 24.6 Å². The smallest absolute Gasteiger partial charge is 0.226 e. The van der Waals surface area contributed by atoms with E-state index in [1.807, 2.05) is 0 Å². The van der Waals surface area contributed by atoms with Crippen LogP contribution < -0.4 is 0 Å². The summed E-state index contributed by atoms with van der Waals surface area (Å²) in [5.41, 5.74) is 1.17. The van der Waals surface area contributed by atoms with Gasteiger partial charge in [-0.15, -0.1) is 0 Å². The molecule has 3 rings (SSSR count). The van der Waals surface area contributed by atoms with Crippen molar-refractivity contribution in [1.82, 2.24) is 24.3 Å². The molecule has 0 bridgehead atoms. The number of aromatic nitrogens is 5. The molecular weight excluding hydrogens is 309 g/mol. The number of nitrogens with zero attached hydrogens (tertiary/aromatic N) is 5. The van der Waals surface area contributed by atoms with Gasteiger partial charge in [-0.1, -0.05) is 23.2 Å². The van der Waals surface area contributed by atoms with Crippen molar-refractivity contribution in [3.8, 4) is 11.5 Å². The molecule has 0 saturated carbocycles. The maximum Gasteiger partial charge on any atom is 0.226 e. The summed E-state index contributed by atoms with van der Waals surface area (Å²) in [5, 5.41) is 0.969. The van der Waals surface area contributed by atoms with E-state index in [1.165, 1.54) is 0 Å². The van der Waals surface area contributed by atoms with Crippen molar-refractivity contribution in [2.45, 2.75) is 6.92 Å². The lowest BCUT2D eigenvalue weighted by molar-refractivity contribution is 0.971. The van der Waals surface area contributed by atoms with Gasteiger partial charge in [0.15, 0.2) is 11.0 Å². The first kappa shape index (κ1) is 12.6. The number of rotatable bonds is 1. The van der Waals surface area contributed by atoms with Gasteiger partial charge in [-0.3, -0.25) is 4.40 Å². The van der Waals surface area contributed by atoms with Crippen molar-refractivity contribution < 1.29 is 0 Å². The van der Waals surface area contributed by atoms with E-state index in [1.54, 1.807) is 29.7 Å². The molecule has 0 amide bonds. The summed E-state index contributed by atoms with van der Waals surface area (Å²) < 4.78 is 1.75. The Hall–Kier alpha value is -1.43. The standard InChI is InChI=1S/C11H6Cl3N5/c1-5-15-10(18-11(14)16-5)8-9(13)17-7-4-6(12)2-3-19(7)8/h2-4H,1H3. The molecule has 3 aromatic heterocycles. The van der Waals surface area contributed by atoms with Crippen LogP contribution in [0.5, 0.6) is 0 Å². The van der Waals surface area contributed by atoms with Crippen LogP contribution in [-0.2, 0) is 0 Å². The molecule has 0 aliphatic rings. The minimum atomic E-state index is 0.113. The van der Waals surface area contributed by atoms with Gasteiger partial charge >= 0.3 is 0 Å². The number of pyridine rings is 1. The van der Waals surface area contributed by atoms with Crippen LogP contribution in [-0.4, -0.2) is 24.3 Å². The minimum absolute atomic E-state index is 0.113. The van der Waals surface area contributed by atoms with Gasteiger partial charge in [0, 0.05) is 17.3 Å². The molecule has 0 N–H and O–H groups in total. The Morgan fingerprint density at radius 1 is 1.05 bits per heavy atom. The van der Waals surface area contributed by atoms with Crippen molar-refractivity contribution in [3.05, 3.63) is 39.6 Å². The number of imidazole rings is 1. The van der Waals surface area contributed by atoms with Crippen molar-refractivity contribution in [3.63, 3.8) is 0 Å². The first-order valence-corrected chi connectivity index (χ1v) is 6.39. The fourth-order valence-corrected chi connectivity index (χ4v) is 2.36. The lowest BCUT2D eigenvalue weighted by Crippen LogP contribution is -1.99. The molecule has 0 saturated heterocycles. The predicted molar refractivity (Wildman–Crippen MR) is 73.8 cm³/mol. The molecule has 3 aromatic rings. The summed E-state index contributed by atoms with van der Waals surface area (Å²) in [5.74, 6) is 0.882. The van der Waals surface area contributed by atoms with E-state index < -0.39 is 0 Å². The quantitative estimate of drug-likeness (QED) is 0.690. The van der Waals surface area contributed by atoms with E-state index >= 15 is 0 Å². The monoisotopic (exact) mass is 313 g/mol. The Morgan fingerprint density at radius 3 is 2.58 bits per heavy atom. The largest absolute Gasteiger partial charge is 0.295 e. The van der Waals surface area contributed by atoms with E-state index in [0.29, 0.717) is 28.0 Å². The fraction of sp³-hybridized carbons (Fsp3) is 0.0909. The molecule has 0 aromatic carbocycles. The van der Waals surface area contributed by atoms with Crippen LogP contribution >= 0.6 is 34.8 Å². The van der Waals surface area contributed by atoms with Crippen molar-refractivity contribution in [2.75, 3.05) is 0 Å². The summed E-state index contributed by atoms with van der Waals surface area (Å²) in [6.07, 6.45) is 1.75. The van der Waals surface area contributed by atoms with Crippen LogP contribution in [0.25, 0.3) is 17.2 Å². The maximum atomic E-state index is 6.14. The summed E-state index contributed by atoms with van der Waals surface area (Å²) in [7, 11) is 0. The number of aryl methyl sites for hydroxylation is 1. The third-order valence-electron chi connectivity index (χ3n) is 2.48. The zero-order valence-electron chi connectivity index (χ0n) is 9.60. The molecule has 0 aliphatic heterocycles. The third kappa shape index (κ3) is 2.25. The van der Waals surface area contributed by atoms with E-state index in [2.05, 4.69) is 19.9 Å². The number of fused-ring (bicyclic) bond motifs is 1. The second kappa shape index (κ2) is 4.59. The highest BCUT2D eigenvalue weighted by atomic mass is 35.5. The number of halogens is 3. The highest BCUT2D eigenvalue weighted by Crippen LogP contribution is 2.27. The fourth-order valence-electron chi connectivity index (χ4n) is 1.75. The highest BCUT2D eigenvalue weighted by molar-refractivity contribution is 6.32. The van der Waals surface area contributed by atoms with Gasteiger partial charge in [-0.2, -0.15) is 4.98 Å². The molecule has 5 nitrogen and oxygen atoms in total. The minimum Gasteiger partial charge on any atom is -0.295 e. The number of hydrogen-bond donors (Lipinski definition) is 0. The second-order valence-corrected chi connectivity index (χ2v) is 4.93. The van der Waals surface area contributed by atoms with E-state index in [0.717, 1.165) is 0 Å². The van der Waals surface area contributed by atoms with Gasteiger partial charge < -0.3 is 0 Å². The van der Waals surface area contributed by atoms with Crippen LogP contribution in [0.4, 0.5) is 0 Å². The lowest BCUT2D eigenvalue weighted by atomic mass is 10.4. The van der Waals surface area contributed by atoms with Crippen molar-refractivity contribution >= 4 is 40.4 Å². The summed E-state index contributed by atoms with van der Waals surface area (Å²) >= 11 is 17.9. The molecule has 0 unspecified atom stereocenters. The molecule has 96 valence electrons. The first-order chi connectivity index (χ1) is 9.04. The molecule has 8 heteroatoms. The Labute approximate surface area is 123 Å². The van der Waals surface area contributed by atoms with E-state index in [-0.39, 0.29) is 10.4 Å². The molecule has 0 aliphatic carbocycles. The summed E-state index contributed by atoms with van der Waals surface area (Å²) in [4.78, 5) is 16.4. The first-order valence-electron chi connectivity index (χ1n) is 5.26. The van der Waals surface area contributed by atoms with Crippen molar-refractivity contribution in [2.24, 2.45) is 0 Å². The topological polar surface area (TPSA) is 56.0 Å². The predicted octanol–water partition coefficient (Wildman–Crippen LogP) is 3.45. The molecule has 0 radical (unpaired) electrons. The average Bonchev–Trinajstić information content (AvgIpc) is 2.62. The maximum absolute atomic E-state index is 6.14. The van der Waals surface area contributed by atoms with Gasteiger partial charge in [0.05, 0.1) is 0 Å². The zero-order valence-corrected chi connectivity index (χ0v) is 11.9. The van der Waals surface area contributed by atoms with Crippen LogP contribution in [0, 0.1) is 6.92 Å². The molecule has 0 spiro atoms. The van der Waals surface area contributed by atoms with Gasteiger partial charge in [0.25, 0.3) is 0 Å². The molecule has 3 heterocycles. The Bertz CT molecular complexity index is 763.